The number of aromatic nitrogens is 2. The van der Waals surface area contributed by atoms with Gasteiger partial charge in [-0.1, -0.05) is 0 Å². The van der Waals surface area contributed by atoms with Gasteiger partial charge in [-0.15, -0.1) is 0 Å². The molecule has 142 valence electrons. The van der Waals surface area contributed by atoms with Crippen LogP contribution in [-0.2, 0) is 16.6 Å². The van der Waals surface area contributed by atoms with E-state index in [4.69, 9.17) is 10.5 Å². The minimum absolute atomic E-state index is 0.0270. The van der Waals surface area contributed by atoms with Crippen LogP contribution in [0.5, 0.6) is 5.75 Å². The second-order valence-corrected chi connectivity index (χ2v) is 7.62. The molecule has 8 nitrogen and oxygen atoms in total. The first-order valence-corrected chi connectivity index (χ1v) is 9.80. The number of benzene rings is 1. The first-order chi connectivity index (χ1) is 12.2. The summed E-state index contributed by atoms with van der Waals surface area (Å²) in [5, 5.41) is 4.33. The van der Waals surface area contributed by atoms with Crippen LogP contribution < -0.4 is 15.2 Å². The lowest BCUT2D eigenvalue weighted by atomic mass is 10.2. The summed E-state index contributed by atoms with van der Waals surface area (Å²) in [7, 11) is -3.75. The Labute approximate surface area is 153 Å². The molecule has 0 fully saturated rings. The molecule has 0 saturated carbocycles. The number of nitrogens with zero attached hydrogens (tertiary/aromatic N) is 2. The van der Waals surface area contributed by atoms with Crippen LogP contribution in [0.4, 0.5) is 0 Å². The summed E-state index contributed by atoms with van der Waals surface area (Å²) in [6.07, 6.45) is 0.584. The minimum Gasteiger partial charge on any atom is -0.493 e. The highest BCUT2D eigenvalue weighted by Crippen LogP contribution is 2.22. The fraction of sp³-hybridized carbons (Fsp3) is 0.412. The van der Waals surface area contributed by atoms with Crippen molar-refractivity contribution in [3.63, 3.8) is 0 Å². The molecule has 0 aliphatic heterocycles. The molecule has 1 amide bonds. The molecule has 2 rings (SSSR count). The largest absolute Gasteiger partial charge is 0.493 e. The van der Waals surface area contributed by atoms with Crippen LogP contribution in [-0.4, -0.2) is 37.3 Å². The Morgan fingerprint density at radius 3 is 2.62 bits per heavy atom. The molecule has 0 radical (unpaired) electrons. The Bertz CT molecular complexity index is 890. The van der Waals surface area contributed by atoms with Gasteiger partial charge in [0.15, 0.2) is 0 Å². The monoisotopic (exact) mass is 380 g/mol. The Hall–Kier alpha value is -2.39. The van der Waals surface area contributed by atoms with Crippen molar-refractivity contribution in [1.82, 2.24) is 14.5 Å². The van der Waals surface area contributed by atoms with Crippen LogP contribution >= 0.6 is 0 Å². The van der Waals surface area contributed by atoms with Crippen molar-refractivity contribution in [2.75, 3.05) is 13.2 Å². The zero-order valence-electron chi connectivity index (χ0n) is 15.2. The predicted molar refractivity (Wildman–Crippen MR) is 97.6 cm³/mol. The highest BCUT2D eigenvalue weighted by atomic mass is 32.2. The SMILES string of the molecule is CCOc1ccc(S(=O)(=O)NCCCn2nc(C)cc2C)cc1C(N)=O. The number of sulfonamides is 1. The highest BCUT2D eigenvalue weighted by Gasteiger charge is 2.18. The molecule has 1 aromatic carbocycles. The first kappa shape index (κ1) is 19.9. The van der Waals surface area contributed by atoms with Gasteiger partial charge in [0.2, 0.25) is 10.0 Å². The van der Waals surface area contributed by atoms with Gasteiger partial charge in [0.05, 0.1) is 22.8 Å². The van der Waals surface area contributed by atoms with E-state index in [-0.39, 0.29) is 22.8 Å². The van der Waals surface area contributed by atoms with Crippen LogP contribution in [0.3, 0.4) is 0 Å². The third kappa shape index (κ3) is 4.83. The molecule has 0 bridgehead atoms. The molecular weight excluding hydrogens is 356 g/mol. The topological polar surface area (TPSA) is 116 Å². The van der Waals surface area contributed by atoms with Gasteiger partial charge < -0.3 is 10.5 Å². The lowest BCUT2D eigenvalue weighted by molar-refractivity contribution is 0.0996. The van der Waals surface area contributed by atoms with E-state index in [1.165, 1.54) is 18.2 Å². The smallest absolute Gasteiger partial charge is 0.252 e. The second kappa shape index (κ2) is 8.33. The van der Waals surface area contributed by atoms with Gasteiger partial charge in [0.25, 0.3) is 5.91 Å². The predicted octanol–water partition coefficient (Wildman–Crippen LogP) is 1.37. The Morgan fingerprint density at radius 2 is 2.04 bits per heavy atom. The molecule has 0 unspecified atom stereocenters. The maximum absolute atomic E-state index is 12.4. The molecule has 1 aromatic heterocycles. The van der Waals surface area contributed by atoms with Crippen molar-refractivity contribution in [1.29, 1.82) is 0 Å². The summed E-state index contributed by atoms with van der Waals surface area (Å²) in [5.41, 5.74) is 7.31. The molecule has 2 aromatic rings. The van der Waals surface area contributed by atoms with Crippen molar-refractivity contribution in [2.45, 2.75) is 38.6 Å². The third-order valence-electron chi connectivity index (χ3n) is 3.77. The number of nitrogens with one attached hydrogen (secondary N) is 1. The molecule has 3 N–H and O–H groups in total. The average molecular weight is 380 g/mol. The molecule has 26 heavy (non-hydrogen) atoms. The lowest BCUT2D eigenvalue weighted by Crippen LogP contribution is -2.26. The molecular formula is C17H24N4O4S. The molecule has 0 saturated heterocycles. The zero-order chi connectivity index (χ0) is 19.3. The van der Waals surface area contributed by atoms with E-state index in [0.29, 0.717) is 19.6 Å². The quantitative estimate of drug-likeness (QED) is 0.637. The van der Waals surface area contributed by atoms with Crippen LogP contribution in [0.25, 0.3) is 0 Å². The van der Waals surface area contributed by atoms with Gasteiger partial charge in [-0.2, -0.15) is 5.10 Å². The van der Waals surface area contributed by atoms with Gasteiger partial charge in [-0.3, -0.25) is 9.48 Å². The Balaban J connectivity index is 2.04. The number of ether oxygens (including phenoxy) is 1. The maximum Gasteiger partial charge on any atom is 0.252 e. The van der Waals surface area contributed by atoms with Gasteiger partial charge in [0.1, 0.15) is 5.75 Å². The van der Waals surface area contributed by atoms with E-state index in [1.807, 2.05) is 24.6 Å². The minimum atomic E-state index is -3.75. The molecule has 0 atom stereocenters. The Kier molecular flexibility index (Phi) is 6.38. The van der Waals surface area contributed by atoms with Crippen molar-refractivity contribution < 1.29 is 17.9 Å². The van der Waals surface area contributed by atoms with Crippen LogP contribution in [0.2, 0.25) is 0 Å². The number of rotatable bonds is 9. The molecule has 1 heterocycles. The number of nitrogens with two attached hydrogens (primary N) is 1. The van der Waals surface area contributed by atoms with E-state index in [1.54, 1.807) is 6.92 Å². The van der Waals surface area contributed by atoms with Crippen molar-refractivity contribution in [2.24, 2.45) is 5.73 Å². The van der Waals surface area contributed by atoms with Gasteiger partial charge in [-0.05, 0) is 51.5 Å². The number of aryl methyl sites for hydroxylation is 3. The number of hydrogen-bond acceptors (Lipinski definition) is 5. The summed E-state index contributed by atoms with van der Waals surface area (Å²) < 4.78 is 34.5. The number of carbonyl (C=O) groups excluding carboxylic acids is 1. The van der Waals surface area contributed by atoms with E-state index < -0.39 is 15.9 Å². The lowest BCUT2D eigenvalue weighted by Gasteiger charge is -2.11. The number of carbonyl (C=O) groups is 1. The van der Waals surface area contributed by atoms with Gasteiger partial charge >= 0.3 is 0 Å². The second-order valence-electron chi connectivity index (χ2n) is 5.86. The van der Waals surface area contributed by atoms with Crippen LogP contribution in [0.15, 0.2) is 29.2 Å². The average Bonchev–Trinajstić information content (AvgIpc) is 2.89. The van der Waals surface area contributed by atoms with Crippen molar-refractivity contribution in [3.8, 4) is 5.75 Å². The van der Waals surface area contributed by atoms with E-state index in [9.17, 15) is 13.2 Å². The first-order valence-electron chi connectivity index (χ1n) is 8.32. The standard InChI is InChI=1S/C17H24N4O4S/c1-4-25-16-7-6-14(11-15(16)17(18)22)26(23,24)19-8-5-9-21-13(3)10-12(2)20-21/h6-7,10-11,19H,4-5,8-9H2,1-3H3,(H2,18,22). The summed E-state index contributed by atoms with van der Waals surface area (Å²) in [6.45, 7) is 6.83. The normalized spacial score (nSPS) is 11.5. The fourth-order valence-electron chi connectivity index (χ4n) is 2.57. The van der Waals surface area contributed by atoms with Crippen molar-refractivity contribution in [3.05, 3.63) is 41.2 Å². The highest BCUT2D eigenvalue weighted by molar-refractivity contribution is 7.89. The summed E-state index contributed by atoms with van der Waals surface area (Å²) in [5.74, 6) is -0.474. The number of hydrogen-bond donors (Lipinski definition) is 2. The fourth-order valence-corrected chi connectivity index (χ4v) is 3.67. The van der Waals surface area contributed by atoms with Gasteiger partial charge in [-0.25, -0.2) is 13.1 Å². The van der Waals surface area contributed by atoms with E-state index in [0.717, 1.165) is 11.4 Å². The van der Waals surface area contributed by atoms with Crippen molar-refractivity contribution >= 4 is 15.9 Å². The van der Waals surface area contributed by atoms with E-state index >= 15 is 0 Å². The number of primary amides is 1. The summed E-state index contributed by atoms with van der Waals surface area (Å²) in [4.78, 5) is 11.5. The van der Waals surface area contributed by atoms with Gasteiger partial charge in [0, 0.05) is 18.8 Å². The molecule has 0 aliphatic carbocycles. The molecule has 0 spiro atoms. The molecule has 0 aliphatic rings. The molecule has 9 heteroatoms. The summed E-state index contributed by atoms with van der Waals surface area (Å²) in [6, 6.07) is 6.03. The zero-order valence-corrected chi connectivity index (χ0v) is 16.0. The Morgan fingerprint density at radius 1 is 1.31 bits per heavy atom. The van der Waals surface area contributed by atoms with Crippen LogP contribution in [0.1, 0.15) is 35.1 Å². The van der Waals surface area contributed by atoms with Crippen LogP contribution in [0, 0.1) is 13.8 Å². The summed E-state index contributed by atoms with van der Waals surface area (Å²) >= 11 is 0. The van der Waals surface area contributed by atoms with E-state index in [2.05, 4.69) is 9.82 Å². The third-order valence-corrected chi connectivity index (χ3v) is 5.23. The number of amides is 1. The maximum atomic E-state index is 12.4.